The maximum atomic E-state index is 13.5. The fourth-order valence-electron chi connectivity index (χ4n) is 2.62. The normalized spacial score (nSPS) is 13.8. The standard InChI is InChI=1S/C17H18FN/c1-12-4-5-14(11-16(12)18)9-13-6-7-17-15(10-13)3-2-8-19-17/h4-7,10-11,19H,2-3,8-9H2,1H3. The van der Waals surface area contributed by atoms with Gasteiger partial charge in [0.2, 0.25) is 0 Å². The summed E-state index contributed by atoms with van der Waals surface area (Å²) in [5.74, 6) is -0.114. The van der Waals surface area contributed by atoms with Gasteiger partial charge >= 0.3 is 0 Å². The van der Waals surface area contributed by atoms with Gasteiger partial charge < -0.3 is 5.32 Å². The highest BCUT2D eigenvalue weighted by Crippen LogP contribution is 2.24. The summed E-state index contributed by atoms with van der Waals surface area (Å²) < 4.78 is 13.5. The van der Waals surface area contributed by atoms with Crippen molar-refractivity contribution in [1.82, 2.24) is 0 Å². The number of hydrogen-bond acceptors (Lipinski definition) is 1. The molecule has 0 aliphatic carbocycles. The third kappa shape index (κ3) is 2.62. The zero-order chi connectivity index (χ0) is 13.2. The molecular weight excluding hydrogens is 237 g/mol. The lowest BCUT2D eigenvalue weighted by atomic mass is 9.97. The summed E-state index contributed by atoms with van der Waals surface area (Å²) >= 11 is 0. The molecule has 0 radical (unpaired) electrons. The van der Waals surface area contributed by atoms with Crippen LogP contribution < -0.4 is 5.32 Å². The van der Waals surface area contributed by atoms with Gasteiger partial charge in [0, 0.05) is 12.2 Å². The zero-order valence-corrected chi connectivity index (χ0v) is 11.2. The average Bonchev–Trinajstić information content (AvgIpc) is 2.43. The van der Waals surface area contributed by atoms with Crippen LogP contribution in [-0.4, -0.2) is 6.54 Å². The number of rotatable bonds is 2. The van der Waals surface area contributed by atoms with E-state index in [9.17, 15) is 4.39 Å². The van der Waals surface area contributed by atoms with Crippen LogP contribution in [0.4, 0.5) is 10.1 Å². The molecule has 0 saturated carbocycles. The highest BCUT2D eigenvalue weighted by atomic mass is 19.1. The van der Waals surface area contributed by atoms with E-state index in [1.807, 2.05) is 12.1 Å². The lowest BCUT2D eigenvalue weighted by Crippen LogP contribution is -2.11. The van der Waals surface area contributed by atoms with Gasteiger partial charge in [-0.2, -0.15) is 0 Å². The van der Waals surface area contributed by atoms with Crippen LogP contribution in [0.5, 0.6) is 0 Å². The monoisotopic (exact) mass is 255 g/mol. The van der Waals surface area contributed by atoms with Gasteiger partial charge in [-0.3, -0.25) is 0 Å². The van der Waals surface area contributed by atoms with Crippen LogP contribution in [0, 0.1) is 12.7 Å². The Hall–Kier alpha value is -1.83. The van der Waals surface area contributed by atoms with Crippen molar-refractivity contribution in [2.45, 2.75) is 26.2 Å². The van der Waals surface area contributed by atoms with Gasteiger partial charge in [0.05, 0.1) is 0 Å². The number of hydrogen-bond donors (Lipinski definition) is 1. The summed E-state index contributed by atoms with van der Waals surface area (Å²) in [6.45, 7) is 2.86. The quantitative estimate of drug-likeness (QED) is 0.852. The number of aryl methyl sites for hydroxylation is 2. The SMILES string of the molecule is Cc1ccc(Cc2ccc3c(c2)CCCN3)cc1F. The first kappa shape index (κ1) is 12.2. The van der Waals surface area contributed by atoms with Crippen molar-refractivity contribution in [3.63, 3.8) is 0 Å². The lowest BCUT2D eigenvalue weighted by Gasteiger charge is -2.18. The lowest BCUT2D eigenvalue weighted by molar-refractivity contribution is 0.616. The minimum absolute atomic E-state index is 0.114. The minimum Gasteiger partial charge on any atom is -0.385 e. The maximum absolute atomic E-state index is 13.5. The van der Waals surface area contributed by atoms with E-state index < -0.39 is 0 Å². The number of anilines is 1. The Morgan fingerprint density at radius 3 is 2.74 bits per heavy atom. The summed E-state index contributed by atoms with van der Waals surface area (Å²) in [6.07, 6.45) is 3.12. The molecule has 1 nitrogen and oxygen atoms in total. The van der Waals surface area contributed by atoms with Crippen molar-refractivity contribution in [2.24, 2.45) is 0 Å². The molecule has 0 saturated heterocycles. The summed E-state index contributed by atoms with van der Waals surface area (Å²) in [6, 6.07) is 12.0. The molecule has 0 spiro atoms. The van der Waals surface area contributed by atoms with E-state index in [0.717, 1.165) is 24.9 Å². The number of halogens is 1. The Morgan fingerprint density at radius 1 is 1.11 bits per heavy atom. The molecule has 2 aromatic carbocycles. The van der Waals surface area contributed by atoms with Crippen molar-refractivity contribution < 1.29 is 4.39 Å². The van der Waals surface area contributed by atoms with Gasteiger partial charge in [-0.25, -0.2) is 4.39 Å². The summed E-state index contributed by atoms with van der Waals surface area (Å²) in [7, 11) is 0. The van der Waals surface area contributed by atoms with Crippen molar-refractivity contribution in [3.05, 3.63) is 64.5 Å². The Kier molecular flexibility index (Phi) is 3.24. The second-order valence-electron chi connectivity index (χ2n) is 5.28. The van der Waals surface area contributed by atoms with Gasteiger partial charge in [-0.05, 0) is 60.6 Å². The first-order valence-corrected chi connectivity index (χ1v) is 6.83. The number of fused-ring (bicyclic) bond motifs is 1. The Bertz CT molecular complexity index is 604. The van der Waals surface area contributed by atoms with E-state index in [-0.39, 0.29) is 5.82 Å². The van der Waals surface area contributed by atoms with E-state index in [1.54, 1.807) is 13.0 Å². The Labute approximate surface area is 113 Å². The van der Waals surface area contributed by atoms with Crippen molar-refractivity contribution in [1.29, 1.82) is 0 Å². The highest BCUT2D eigenvalue weighted by molar-refractivity contribution is 5.54. The zero-order valence-electron chi connectivity index (χ0n) is 11.2. The third-order valence-corrected chi connectivity index (χ3v) is 3.75. The topological polar surface area (TPSA) is 12.0 Å². The largest absolute Gasteiger partial charge is 0.385 e. The fraction of sp³-hybridized carbons (Fsp3) is 0.294. The predicted molar refractivity (Wildman–Crippen MR) is 77.2 cm³/mol. The molecule has 0 unspecified atom stereocenters. The predicted octanol–water partition coefficient (Wildman–Crippen LogP) is 4.08. The van der Waals surface area contributed by atoms with Gasteiger partial charge in [0.15, 0.2) is 0 Å². The van der Waals surface area contributed by atoms with Crippen LogP contribution in [-0.2, 0) is 12.8 Å². The van der Waals surface area contributed by atoms with Gasteiger partial charge in [-0.1, -0.05) is 24.3 Å². The molecule has 0 bridgehead atoms. The van der Waals surface area contributed by atoms with Crippen molar-refractivity contribution >= 4 is 5.69 Å². The molecule has 0 aromatic heterocycles. The molecule has 2 heteroatoms. The minimum atomic E-state index is -0.114. The van der Waals surface area contributed by atoms with Crippen LogP contribution in [0.25, 0.3) is 0 Å². The van der Waals surface area contributed by atoms with Crippen molar-refractivity contribution in [2.75, 3.05) is 11.9 Å². The van der Waals surface area contributed by atoms with Crippen LogP contribution >= 0.6 is 0 Å². The average molecular weight is 255 g/mol. The summed E-state index contributed by atoms with van der Waals surface area (Å²) in [5, 5.41) is 3.41. The van der Waals surface area contributed by atoms with E-state index in [2.05, 4.69) is 23.5 Å². The van der Waals surface area contributed by atoms with Crippen LogP contribution in [0.15, 0.2) is 36.4 Å². The Morgan fingerprint density at radius 2 is 1.89 bits per heavy atom. The van der Waals surface area contributed by atoms with Gasteiger partial charge in [-0.15, -0.1) is 0 Å². The first-order chi connectivity index (χ1) is 9.22. The third-order valence-electron chi connectivity index (χ3n) is 3.75. The summed E-state index contributed by atoms with van der Waals surface area (Å²) in [4.78, 5) is 0. The molecular formula is C17H18FN. The first-order valence-electron chi connectivity index (χ1n) is 6.83. The molecule has 1 aliphatic heterocycles. The molecule has 0 atom stereocenters. The molecule has 2 aromatic rings. The van der Waals surface area contributed by atoms with Crippen LogP contribution in [0.3, 0.4) is 0 Å². The molecule has 0 amide bonds. The van der Waals surface area contributed by atoms with Crippen LogP contribution in [0.1, 0.15) is 28.7 Å². The second-order valence-corrected chi connectivity index (χ2v) is 5.28. The van der Waals surface area contributed by atoms with E-state index in [1.165, 1.54) is 23.2 Å². The number of benzene rings is 2. The van der Waals surface area contributed by atoms with E-state index in [4.69, 9.17) is 0 Å². The highest BCUT2D eigenvalue weighted by Gasteiger charge is 2.09. The molecule has 1 heterocycles. The van der Waals surface area contributed by atoms with E-state index >= 15 is 0 Å². The fourth-order valence-corrected chi connectivity index (χ4v) is 2.62. The molecule has 19 heavy (non-hydrogen) atoms. The molecule has 1 N–H and O–H groups in total. The van der Waals surface area contributed by atoms with Gasteiger partial charge in [0.1, 0.15) is 5.82 Å². The number of nitrogens with one attached hydrogen (secondary N) is 1. The van der Waals surface area contributed by atoms with E-state index in [0.29, 0.717) is 5.56 Å². The second kappa shape index (κ2) is 5.04. The molecule has 1 aliphatic rings. The smallest absolute Gasteiger partial charge is 0.126 e. The van der Waals surface area contributed by atoms with Crippen LogP contribution in [0.2, 0.25) is 0 Å². The molecule has 0 fully saturated rings. The molecule has 3 rings (SSSR count). The molecule has 98 valence electrons. The van der Waals surface area contributed by atoms with Crippen molar-refractivity contribution in [3.8, 4) is 0 Å². The Balaban J connectivity index is 1.84. The van der Waals surface area contributed by atoms with Gasteiger partial charge in [0.25, 0.3) is 0 Å². The maximum Gasteiger partial charge on any atom is 0.126 e. The summed E-state index contributed by atoms with van der Waals surface area (Å²) in [5.41, 5.74) is 5.64.